The summed E-state index contributed by atoms with van der Waals surface area (Å²) in [7, 11) is 0. The third-order valence-corrected chi connectivity index (χ3v) is 21.2. The highest BCUT2D eigenvalue weighted by atomic mass is 32.2. The minimum absolute atomic E-state index is 0.00514. The number of unbranched alkanes of at least 4 members (excludes halogenated alkanes) is 35. The van der Waals surface area contributed by atoms with Crippen molar-refractivity contribution in [1.29, 1.82) is 0 Å². The molecule has 0 saturated heterocycles. The van der Waals surface area contributed by atoms with E-state index in [1.54, 1.807) is 0 Å². The molecule has 27 heteroatoms. The summed E-state index contributed by atoms with van der Waals surface area (Å²) in [4.78, 5) is 124. The van der Waals surface area contributed by atoms with Crippen LogP contribution in [-0.4, -0.2) is 171 Å². The standard InChI is InChI=1S/C85H160N10O16S/c1-4-7-10-13-16-19-22-25-27-30-33-36-39-42-45-60-78(101)110-64-67(111-79(102)61-46-43-40-37-34-31-28-26-23-20-17-14-11-8-5-2)65-112-66-73(90-77(100)59-44-41-38-35-32-29-24-21-18-15-12-9-6-3)84(107)95-72(63-96)83(106)93-69(54-50-57-75(88)98)81(104)91-68(53-49-56-74(87)97)80(103)92-70(55-51-58-76(89)99)82(105)94-71(85(108)109)52-47-48-62-86/h25-28,67-76,96-99H,4-24,29-66,86-89H2,1-3H3,(H,90,100)(H,91,104)(H,92,103)(H,93,106)(H,94,105)(H,95,107)(H,108,109)/b27-25-,28-26-/t67?,68-,69-,70-,71-,72-,73-,74?,75?,76?/m0/s1. The van der Waals surface area contributed by atoms with E-state index in [-0.39, 0.29) is 108 Å². The van der Waals surface area contributed by atoms with Crippen LogP contribution in [0.3, 0.4) is 0 Å². The number of carboxylic acids is 1. The molecule has 0 rings (SSSR count). The maximum atomic E-state index is 14.6. The number of aliphatic hydroxyl groups excluding tert-OH is 4. The summed E-state index contributed by atoms with van der Waals surface area (Å²) in [5, 5.41) is 66.1. The number of nitrogens with one attached hydrogen (secondary N) is 6. The summed E-state index contributed by atoms with van der Waals surface area (Å²) in [6, 6.07) is -8.82. The number of amides is 6. The monoisotopic (exact) mass is 1610 g/mol. The van der Waals surface area contributed by atoms with Crippen molar-refractivity contribution in [3.63, 3.8) is 0 Å². The highest BCUT2D eigenvalue weighted by Gasteiger charge is 2.34. The van der Waals surface area contributed by atoms with Gasteiger partial charge in [0.2, 0.25) is 35.4 Å². The van der Waals surface area contributed by atoms with Crippen molar-refractivity contribution in [1.82, 2.24) is 31.9 Å². The van der Waals surface area contributed by atoms with Gasteiger partial charge in [0.25, 0.3) is 0 Å². The zero-order valence-electron chi connectivity index (χ0n) is 69.7. The van der Waals surface area contributed by atoms with Gasteiger partial charge in [-0.2, -0.15) is 11.8 Å². The number of esters is 2. The van der Waals surface area contributed by atoms with Crippen LogP contribution in [0.1, 0.15) is 367 Å². The molecule has 652 valence electrons. The molecular weight excluding hydrogens is 1450 g/mol. The van der Waals surface area contributed by atoms with Gasteiger partial charge >= 0.3 is 17.9 Å². The molecule has 0 bridgehead atoms. The van der Waals surface area contributed by atoms with Crippen molar-refractivity contribution >= 4 is 65.1 Å². The zero-order valence-corrected chi connectivity index (χ0v) is 70.6. The van der Waals surface area contributed by atoms with Gasteiger partial charge in [0, 0.05) is 30.8 Å². The molecule has 0 aliphatic rings. The zero-order chi connectivity index (χ0) is 82.9. The molecule has 0 spiro atoms. The molecule has 0 aromatic heterocycles. The van der Waals surface area contributed by atoms with Crippen molar-refractivity contribution in [2.45, 2.75) is 429 Å². The van der Waals surface area contributed by atoms with Gasteiger partial charge < -0.3 is 89.8 Å². The Morgan fingerprint density at radius 2 is 0.661 bits per heavy atom. The Bertz CT molecular complexity index is 2450. The van der Waals surface area contributed by atoms with E-state index in [4.69, 9.17) is 32.4 Å². The van der Waals surface area contributed by atoms with E-state index in [0.717, 1.165) is 121 Å². The molecular formula is C85H160N10O16S. The molecule has 0 aliphatic carbocycles. The van der Waals surface area contributed by atoms with Gasteiger partial charge in [-0.05, 0) is 154 Å². The van der Waals surface area contributed by atoms with Crippen molar-refractivity contribution in [2.24, 2.45) is 22.9 Å². The average molecular weight is 1610 g/mol. The average Bonchev–Trinajstić information content (AvgIpc) is 0.875. The van der Waals surface area contributed by atoms with Gasteiger partial charge in [-0.15, -0.1) is 0 Å². The second-order valence-electron chi connectivity index (χ2n) is 30.7. The van der Waals surface area contributed by atoms with E-state index in [1.165, 1.54) is 122 Å². The lowest BCUT2D eigenvalue weighted by molar-refractivity contribution is -0.157. The summed E-state index contributed by atoms with van der Waals surface area (Å²) < 4.78 is 11.8. The molecule has 19 N–H and O–H groups in total. The van der Waals surface area contributed by atoms with Crippen LogP contribution in [0.5, 0.6) is 0 Å². The van der Waals surface area contributed by atoms with Crippen molar-refractivity contribution < 1.29 is 78.2 Å². The fraction of sp³-hybridized carbons (Fsp3) is 0.847. The Hall–Kier alpha value is -5.26. The number of allylic oxidation sites excluding steroid dienone is 4. The van der Waals surface area contributed by atoms with E-state index < -0.39 is 121 Å². The number of ether oxygens (including phenoxy) is 2. The highest BCUT2D eigenvalue weighted by molar-refractivity contribution is 7.99. The molecule has 0 aliphatic heterocycles. The van der Waals surface area contributed by atoms with E-state index in [2.05, 4.69) is 77.0 Å². The van der Waals surface area contributed by atoms with Gasteiger partial charge in [-0.1, -0.05) is 225 Å². The Labute approximate surface area is 678 Å². The predicted molar refractivity (Wildman–Crippen MR) is 449 cm³/mol. The van der Waals surface area contributed by atoms with Crippen LogP contribution in [0.4, 0.5) is 0 Å². The lowest BCUT2D eigenvalue weighted by Gasteiger charge is -2.27. The third kappa shape index (κ3) is 64.9. The summed E-state index contributed by atoms with van der Waals surface area (Å²) in [5.74, 6) is -7.41. The Kier molecular flexibility index (Phi) is 72.2. The van der Waals surface area contributed by atoms with E-state index in [1.807, 2.05) is 0 Å². The van der Waals surface area contributed by atoms with Gasteiger partial charge in [-0.3, -0.25) is 38.4 Å². The number of carbonyl (C=O) groups excluding carboxylic acids is 8. The van der Waals surface area contributed by atoms with Crippen LogP contribution in [0, 0.1) is 0 Å². The number of aliphatic carboxylic acids is 1. The van der Waals surface area contributed by atoms with E-state index in [0.29, 0.717) is 32.1 Å². The molecule has 6 amide bonds. The lowest BCUT2D eigenvalue weighted by atomic mass is 10.0. The van der Waals surface area contributed by atoms with Gasteiger partial charge in [0.05, 0.1) is 6.61 Å². The SMILES string of the molecule is CCCCCCCC/C=C\CCCCCCCC(=O)OCC(CSC[C@H](NC(=O)CCCCCCCCCCCCCCC)C(=O)N[C@@H](CO)C(=O)N[C@@H](CCCC(N)O)C(=O)N[C@@H](CCCC(N)O)C(=O)N[C@@H](CCCC(N)O)C(=O)N[C@@H](CCCCN)C(=O)O)OC(=O)CCCCCCC/C=C\CCCCCCCC. The summed E-state index contributed by atoms with van der Waals surface area (Å²) >= 11 is 1.15. The molecule has 0 radical (unpaired) electrons. The molecule has 4 unspecified atom stereocenters. The molecule has 0 heterocycles. The van der Waals surface area contributed by atoms with E-state index >= 15 is 0 Å². The molecule has 10 atom stereocenters. The van der Waals surface area contributed by atoms with Crippen LogP contribution >= 0.6 is 11.8 Å². The lowest BCUT2D eigenvalue weighted by Crippen LogP contribution is -2.60. The second kappa shape index (κ2) is 75.8. The summed E-state index contributed by atoms with van der Waals surface area (Å²) in [6.45, 7) is 5.72. The maximum absolute atomic E-state index is 14.6. The fourth-order valence-electron chi connectivity index (χ4n) is 13.1. The Balaban J connectivity index is 6.78. The van der Waals surface area contributed by atoms with E-state index in [9.17, 15) is 68.7 Å². The molecule has 0 aromatic rings. The number of hydrogen-bond acceptors (Lipinski definition) is 20. The molecule has 0 saturated carbocycles. The largest absolute Gasteiger partial charge is 0.480 e. The number of aliphatic hydroxyl groups is 4. The number of hydrogen-bond donors (Lipinski definition) is 15. The Morgan fingerprint density at radius 1 is 0.348 bits per heavy atom. The number of carbonyl (C=O) groups is 9. The summed E-state index contributed by atoms with van der Waals surface area (Å²) in [6.07, 6.45) is 48.3. The highest BCUT2D eigenvalue weighted by Crippen LogP contribution is 2.19. The Morgan fingerprint density at radius 3 is 1.02 bits per heavy atom. The first-order valence-electron chi connectivity index (χ1n) is 44.0. The molecule has 0 aromatic carbocycles. The fourth-order valence-corrected chi connectivity index (χ4v) is 14.1. The topological polar surface area (TPSA) is 449 Å². The van der Waals surface area contributed by atoms with Crippen LogP contribution in [0.2, 0.25) is 0 Å². The van der Waals surface area contributed by atoms with Crippen molar-refractivity contribution in [3.8, 4) is 0 Å². The normalized spacial score (nSPS) is 14.3. The van der Waals surface area contributed by atoms with Crippen molar-refractivity contribution in [3.05, 3.63) is 24.3 Å². The van der Waals surface area contributed by atoms with Crippen LogP contribution in [-0.2, 0) is 52.6 Å². The third-order valence-electron chi connectivity index (χ3n) is 20.0. The first-order valence-corrected chi connectivity index (χ1v) is 45.2. The second-order valence-corrected chi connectivity index (χ2v) is 31.8. The van der Waals surface area contributed by atoms with Gasteiger partial charge in [-0.25, -0.2) is 4.79 Å². The number of rotatable bonds is 80. The van der Waals surface area contributed by atoms with Crippen LogP contribution in [0.25, 0.3) is 0 Å². The minimum Gasteiger partial charge on any atom is -0.480 e. The quantitative estimate of drug-likeness (QED) is 0.0116. The van der Waals surface area contributed by atoms with Gasteiger partial charge in [0.15, 0.2) is 0 Å². The smallest absolute Gasteiger partial charge is 0.326 e. The van der Waals surface area contributed by atoms with Crippen LogP contribution in [0.15, 0.2) is 24.3 Å². The molecule has 26 nitrogen and oxygen atoms in total. The number of carboxylic acid groups (broad SMARTS) is 1. The first kappa shape index (κ1) is 107. The first-order chi connectivity index (χ1) is 54.1. The van der Waals surface area contributed by atoms with Crippen LogP contribution < -0.4 is 54.8 Å². The van der Waals surface area contributed by atoms with Gasteiger partial charge in [0.1, 0.15) is 67.6 Å². The molecule has 0 fully saturated rings. The minimum atomic E-state index is -1.74. The number of nitrogens with two attached hydrogens (primary N) is 4. The molecule has 112 heavy (non-hydrogen) atoms. The predicted octanol–water partition coefficient (Wildman–Crippen LogP) is 12.2. The summed E-state index contributed by atoms with van der Waals surface area (Å²) in [5.41, 5.74) is 22.5. The van der Waals surface area contributed by atoms with Crippen molar-refractivity contribution in [2.75, 3.05) is 31.3 Å². The maximum Gasteiger partial charge on any atom is 0.326 e. The number of thioether (sulfide) groups is 1.